The number of aliphatic hydroxyl groups is 1. The second-order valence-corrected chi connectivity index (χ2v) is 10.5. The molecule has 4 rings (SSSR count). The van der Waals surface area contributed by atoms with Gasteiger partial charge in [0.15, 0.2) is 0 Å². The molecule has 0 amide bonds. The Bertz CT molecular complexity index is 516. The average Bonchev–Trinajstić information content (AvgIpc) is 2.90. The van der Waals surface area contributed by atoms with Gasteiger partial charge in [-0.05, 0) is 99.7 Å². The van der Waals surface area contributed by atoms with E-state index < -0.39 is 5.60 Å². The fourth-order valence-electron chi connectivity index (χ4n) is 7.70. The largest absolute Gasteiger partial charge is 0.390 e. The molecule has 3 heteroatoms. The summed E-state index contributed by atoms with van der Waals surface area (Å²) < 4.78 is 0. The minimum absolute atomic E-state index is 0.263. The number of carbonyl (C=O) groups is 1. The van der Waals surface area contributed by atoms with Crippen LogP contribution >= 0.6 is 15.9 Å². The molecule has 2 unspecified atom stereocenters. The molecular formula is C21H33BrO2. The molecule has 0 spiro atoms. The molecule has 2 nitrogen and oxygen atoms in total. The van der Waals surface area contributed by atoms with E-state index >= 15 is 0 Å². The van der Waals surface area contributed by atoms with Crippen LogP contribution in [0, 0.1) is 40.9 Å². The van der Waals surface area contributed by atoms with Crippen LogP contribution < -0.4 is 0 Å². The Kier molecular flexibility index (Phi) is 4.44. The summed E-state index contributed by atoms with van der Waals surface area (Å²) in [5.41, 5.74) is -0.156. The van der Waals surface area contributed by atoms with E-state index in [1.54, 1.807) is 0 Å². The Morgan fingerprint density at radius 3 is 2.50 bits per heavy atom. The van der Waals surface area contributed by atoms with Crippen molar-refractivity contribution in [2.45, 2.75) is 77.2 Å². The Morgan fingerprint density at radius 1 is 1.00 bits per heavy atom. The fourth-order valence-corrected chi connectivity index (χ4v) is 8.09. The van der Waals surface area contributed by atoms with Crippen molar-refractivity contribution in [1.82, 2.24) is 0 Å². The van der Waals surface area contributed by atoms with Crippen molar-refractivity contribution in [3.05, 3.63) is 0 Å². The summed E-state index contributed by atoms with van der Waals surface area (Å²) in [4.78, 5) is 12.5. The average molecular weight is 397 g/mol. The van der Waals surface area contributed by atoms with Crippen LogP contribution in [0.4, 0.5) is 0 Å². The lowest BCUT2D eigenvalue weighted by Crippen LogP contribution is -2.51. The Hall–Kier alpha value is 0.110. The predicted octanol–water partition coefficient (Wildman–Crippen LogP) is 4.97. The Balaban J connectivity index is 1.54. The van der Waals surface area contributed by atoms with Gasteiger partial charge in [0.1, 0.15) is 5.78 Å². The minimum atomic E-state index is -0.419. The summed E-state index contributed by atoms with van der Waals surface area (Å²) in [6.07, 6.45) is 10.9. The Labute approximate surface area is 155 Å². The van der Waals surface area contributed by atoms with Crippen LogP contribution in [0.15, 0.2) is 0 Å². The van der Waals surface area contributed by atoms with Crippen molar-refractivity contribution < 1.29 is 9.90 Å². The highest BCUT2D eigenvalue weighted by atomic mass is 79.9. The van der Waals surface area contributed by atoms with Crippen molar-refractivity contribution >= 4 is 21.7 Å². The molecule has 4 fully saturated rings. The number of hydrogen-bond acceptors (Lipinski definition) is 2. The number of Topliss-reactive ketones (excluding diaryl/α,β-unsaturated/α-hetero) is 1. The summed E-state index contributed by atoms with van der Waals surface area (Å²) in [6, 6.07) is 0. The van der Waals surface area contributed by atoms with Gasteiger partial charge in [-0.3, -0.25) is 4.79 Å². The molecule has 136 valence electrons. The summed E-state index contributed by atoms with van der Waals surface area (Å²) in [6.45, 7) is 4.48. The zero-order chi connectivity index (χ0) is 17.1. The second kappa shape index (κ2) is 6.08. The first kappa shape index (κ1) is 17.5. The summed E-state index contributed by atoms with van der Waals surface area (Å²) >= 11 is 3.42. The summed E-state index contributed by atoms with van der Waals surface area (Å²) in [5, 5.41) is 11.0. The van der Waals surface area contributed by atoms with Crippen molar-refractivity contribution in [2.24, 2.45) is 40.9 Å². The molecule has 4 aliphatic rings. The number of halogens is 1. The highest BCUT2D eigenvalue weighted by molar-refractivity contribution is 9.09. The fraction of sp³-hybridized carbons (Fsp3) is 0.952. The van der Waals surface area contributed by atoms with Gasteiger partial charge in [-0.25, -0.2) is 0 Å². The molecule has 0 saturated heterocycles. The first-order valence-corrected chi connectivity index (χ1v) is 11.3. The van der Waals surface area contributed by atoms with E-state index in [-0.39, 0.29) is 5.41 Å². The second-order valence-electron chi connectivity index (χ2n) is 9.95. The lowest BCUT2D eigenvalue weighted by atomic mass is 9.49. The molecule has 0 bridgehead atoms. The van der Waals surface area contributed by atoms with Gasteiger partial charge in [-0.1, -0.05) is 22.9 Å². The zero-order valence-electron chi connectivity index (χ0n) is 15.3. The summed E-state index contributed by atoms with van der Waals surface area (Å²) in [7, 11) is 0. The normalized spacial score (nSPS) is 53.8. The van der Waals surface area contributed by atoms with Crippen LogP contribution in [0.5, 0.6) is 0 Å². The highest BCUT2D eigenvalue weighted by Crippen LogP contribution is 2.64. The van der Waals surface area contributed by atoms with Gasteiger partial charge < -0.3 is 5.11 Å². The van der Waals surface area contributed by atoms with Crippen molar-refractivity contribution in [3.63, 3.8) is 0 Å². The van der Waals surface area contributed by atoms with E-state index in [1.165, 1.54) is 38.5 Å². The molecule has 0 heterocycles. The van der Waals surface area contributed by atoms with Crippen LogP contribution in [0.3, 0.4) is 0 Å². The maximum absolute atomic E-state index is 12.5. The quantitative estimate of drug-likeness (QED) is 0.668. The molecule has 0 aromatic rings. The minimum Gasteiger partial charge on any atom is -0.390 e. The highest BCUT2D eigenvalue weighted by Gasteiger charge is 2.58. The van der Waals surface area contributed by atoms with Crippen molar-refractivity contribution in [2.75, 3.05) is 5.33 Å². The monoisotopic (exact) mass is 396 g/mol. The molecule has 24 heavy (non-hydrogen) atoms. The SMILES string of the molecule is C[C@@]1(O)CCC2[C@H](CCC3[C@@H]2CC[C@]2(C)[C@@H](C(=O)CBr)CC[C@@H]32)C1. The molecule has 0 aliphatic heterocycles. The lowest BCUT2D eigenvalue weighted by Gasteiger charge is -2.56. The van der Waals surface area contributed by atoms with Gasteiger partial charge in [0.05, 0.1) is 10.9 Å². The molecular weight excluding hydrogens is 364 g/mol. The Morgan fingerprint density at radius 2 is 1.75 bits per heavy atom. The predicted molar refractivity (Wildman–Crippen MR) is 100 cm³/mol. The van der Waals surface area contributed by atoms with Gasteiger partial charge in [0.2, 0.25) is 0 Å². The molecule has 4 aliphatic carbocycles. The van der Waals surface area contributed by atoms with Crippen LogP contribution in [0.1, 0.15) is 71.6 Å². The van der Waals surface area contributed by atoms with E-state index in [4.69, 9.17) is 0 Å². The molecule has 8 atom stereocenters. The van der Waals surface area contributed by atoms with E-state index in [0.29, 0.717) is 17.0 Å². The number of alkyl halides is 1. The maximum Gasteiger partial charge on any atom is 0.147 e. The number of ketones is 1. The number of hydrogen-bond donors (Lipinski definition) is 1. The third-order valence-corrected chi connectivity index (χ3v) is 9.31. The summed E-state index contributed by atoms with van der Waals surface area (Å²) in [5.74, 6) is 4.83. The van der Waals surface area contributed by atoms with Gasteiger partial charge in [0.25, 0.3) is 0 Å². The van der Waals surface area contributed by atoms with Crippen LogP contribution in [0.2, 0.25) is 0 Å². The molecule has 0 aromatic carbocycles. The molecule has 0 aromatic heterocycles. The standard InChI is InChI=1S/C21H33BrO2/c1-20(24)9-7-14-13(11-20)3-4-16-15(14)8-10-21(2)17(16)5-6-18(21)19(23)12-22/h13-18,24H,3-12H2,1-2H3/t13-,14?,15-,16?,17+,18-,20-,21+/m1/s1. The smallest absolute Gasteiger partial charge is 0.147 e. The zero-order valence-corrected chi connectivity index (χ0v) is 16.9. The van der Waals surface area contributed by atoms with Crippen LogP contribution in [0.25, 0.3) is 0 Å². The third kappa shape index (κ3) is 2.64. The number of fused-ring (bicyclic) bond motifs is 5. The van der Waals surface area contributed by atoms with E-state index in [9.17, 15) is 9.90 Å². The van der Waals surface area contributed by atoms with Crippen LogP contribution in [-0.4, -0.2) is 21.8 Å². The van der Waals surface area contributed by atoms with Crippen molar-refractivity contribution in [1.29, 1.82) is 0 Å². The first-order valence-electron chi connectivity index (χ1n) is 10.2. The molecule has 0 radical (unpaired) electrons. The number of carbonyl (C=O) groups excluding carboxylic acids is 1. The third-order valence-electron chi connectivity index (χ3n) is 8.76. The van der Waals surface area contributed by atoms with Crippen molar-refractivity contribution in [3.8, 4) is 0 Å². The van der Waals surface area contributed by atoms with Gasteiger partial charge >= 0.3 is 0 Å². The van der Waals surface area contributed by atoms with E-state index in [2.05, 4.69) is 22.9 Å². The topological polar surface area (TPSA) is 37.3 Å². The molecule has 1 N–H and O–H groups in total. The lowest BCUT2D eigenvalue weighted by molar-refractivity contribution is -0.129. The van der Waals surface area contributed by atoms with E-state index in [0.717, 1.165) is 48.9 Å². The van der Waals surface area contributed by atoms with Gasteiger partial charge in [0, 0.05) is 5.92 Å². The maximum atomic E-state index is 12.5. The van der Waals surface area contributed by atoms with E-state index in [1.807, 2.05) is 6.92 Å². The molecule has 4 saturated carbocycles. The van der Waals surface area contributed by atoms with Gasteiger partial charge in [-0.15, -0.1) is 0 Å². The van der Waals surface area contributed by atoms with Gasteiger partial charge in [-0.2, -0.15) is 0 Å². The number of rotatable bonds is 2. The van der Waals surface area contributed by atoms with Crippen LogP contribution in [-0.2, 0) is 4.79 Å². The first-order chi connectivity index (χ1) is 11.4.